The Morgan fingerprint density at radius 3 is 2.03 bits per heavy atom. The molecule has 0 spiro atoms. The van der Waals surface area contributed by atoms with Crippen molar-refractivity contribution in [1.29, 1.82) is 0 Å². The van der Waals surface area contributed by atoms with Gasteiger partial charge >= 0.3 is 0 Å². The van der Waals surface area contributed by atoms with E-state index < -0.39 is 11.6 Å². The second kappa shape index (κ2) is 9.78. The molecule has 0 aliphatic heterocycles. The molecule has 0 saturated carbocycles. The molecule has 1 heterocycles. The van der Waals surface area contributed by atoms with Crippen LogP contribution in [0, 0.1) is 11.6 Å². The summed E-state index contributed by atoms with van der Waals surface area (Å²) < 4.78 is 39.3. The van der Waals surface area contributed by atoms with Crippen molar-refractivity contribution in [2.75, 3.05) is 11.1 Å². The number of hydrogen-bond donors (Lipinski definition) is 2. The van der Waals surface area contributed by atoms with Gasteiger partial charge in [0.25, 0.3) is 0 Å². The molecule has 0 amide bonds. The van der Waals surface area contributed by atoms with Gasteiger partial charge in [-0.2, -0.15) is 4.98 Å². The molecule has 0 unspecified atom stereocenters. The second-order valence-corrected chi connectivity index (χ2v) is 7.02. The maximum Gasteiger partial charge on any atom is 0.241 e. The maximum absolute atomic E-state index is 13.9. The molecule has 4 rings (SSSR count). The Bertz CT molecular complexity index is 1190. The fraction of sp³-hybridized carbons (Fsp3) is 0.0800. The van der Waals surface area contributed by atoms with E-state index in [1.54, 1.807) is 12.1 Å². The molecular weight excluding hydrogens is 412 g/mol. The largest absolute Gasteiger partial charge is 0.473 e. The van der Waals surface area contributed by atoms with E-state index in [0.29, 0.717) is 18.2 Å². The number of nitrogens with two attached hydrogens (primary N) is 1. The van der Waals surface area contributed by atoms with E-state index in [0.717, 1.165) is 23.3 Å². The van der Waals surface area contributed by atoms with Crippen LogP contribution in [0.25, 0.3) is 0 Å². The van der Waals surface area contributed by atoms with Crippen molar-refractivity contribution < 1.29 is 18.3 Å². The lowest BCUT2D eigenvalue weighted by atomic mass is 10.2. The molecular formula is C25H21F2N3O2. The third-order valence-corrected chi connectivity index (χ3v) is 4.65. The van der Waals surface area contributed by atoms with Gasteiger partial charge < -0.3 is 20.5 Å². The summed E-state index contributed by atoms with van der Waals surface area (Å²) in [5, 5.41) is 2.91. The lowest BCUT2D eigenvalue weighted by Crippen LogP contribution is -2.05. The number of hydrogen-bond acceptors (Lipinski definition) is 5. The Labute approximate surface area is 184 Å². The van der Waals surface area contributed by atoms with E-state index in [4.69, 9.17) is 15.2 Å². The number of benzene rings is 3. The molecule has 5 nitrogen and oxygen atoms in total. The van der Waals surface area contributed by atoms with Gasteiger partial charge in [-0.1, -0.05) is 60.7 Å². The van der Waals surface area contributed by atoms with Crippen LogP contribution in [-0.2, 0) is 13.2 Å². The van der Waals surface area contributed by atoms with Gasteiger partial charge in [0.2, 0.25) is 11.8 Å². The first kappa shape index (κ1) is 21.1. The summed E-state index contributed by atoms with van der Waals surface area (Å²) >= 11 is 0. The van der Waals surface area contributed by atoms with Crippen LogP contribution < -0.4 is 20.5 Å². The normalized spacial score (nSPS) is 10.6. The lowest BCUT2D eigenvalue weighted by Gasteiger charge is -2.15. The molecule has 7 heteroatoms. The molecule has 3 N–H and O–H groups in total. The van der Waals surface area contributed by atoms with E-state index in [1.165, 1.54) is 0 Å². The quantitative estimate of drug-likeness (QED) is 0.342. The number of pyridine rings is 1. The topological polar surface area (TPSA) is 69.4 Å². The van der Waals surface area contributed by atoms with Crippen molar-refractivity contribution >= 4 is 17.1 Å². The minimum absolute atomic E-state index is 0.0758. The zero-order valence-electron chi connectivity index (χ0n) is 17.1. The molecule has 0 radical (unpaired) electrons. The number of aromatic nitrogens is 1. The molecule has 0 fully saturated rings. The fourth-order valence-corrected chi connectivity index (χ4v) is 3.00. The molecule has 0 atom stereocenters. The molecule has 3 aromatic carbocycles. The standard InChI is InChI=1S/C25H21F2N3O2/c26-19-13-20(27)24(28)22(14-19)29-21-11-12-23(31-15-17-7-3-1-4-8-17)30-25(21)32-16-18-9-5-2-6-10-18/h1-14,29H,15-16,28H2. The monoisotopic (exact) mass is 433 g/mol. The lowest BCUT2D eigenvalue weighted by molar-refractivity contribution is 0.269. The van der Waals surface area contributed by atoms with Gasteiger partial charge in [0, 0.05) is 12.1 Å². The maximum atomic E-state index is 13.9. The Balaban J connectivity index is 1.59. The van der Waals surface area contributed by atoms with Gasteiger partial charge in [0.15, 0.2) is 5.82 Å². The fourth-order valence-electron chi connectivity index (χ4n) is 3.00. The van der Waals surface area contributed by atoms with Crippen molar-refractivity contribution in [3.05, 3.63) is 108 Å². The third-order valence-electron chi connectivity index (χ3n) is 4.65. The van der Waals surface area contributed by atoms with E-state index in [-0.39, 0.29) is 23.9 Å². The first-order valence-corrected chi connectivity index (χ1v) is 9.94. The molecule has 0 bridgehead atoms. The van der Waals surface area contributed by atoms with Crippen molar-refractivity contribution in [2.24, 2.45) is 0 Å². The van der Waals surface area contributed by atoms with Crippen LogP contribution in [0.3, 0.4) is 0 Å². The predicted octanol–water partition coefficient (Wildman–Crippen LogP) is 5.84. The Morgan fingerprint density at radius 2 is 1.38 bits per heavy atom. The smallest absolute Gasteiger partial charge is 0.241 e. The average molecular weight is 433 g/mol. The van der Waals surface area contributed by atoms with Crippen molar-refractivity contribution in [3.63, 3.8) is 0 Å². The molecule has 0 aliphatic rings. The van der Waals surface area contributed by atoms with E-state index in [2.05, 4.69) is 10.3 Å². The van der Waals surface area contributed by atoms with Gasteiger partial charge in [-0.05, 0) is 23.3 Å². The van der Waals surface area contributed by atoms with Crippen LogP contribution in [0.1, 0.15) is 11.1 Å². The first-order valence-electron chi connectivity index (χ1n) is 9.94. The summed E-state index contributed by atoms with van der Waals surface area (Å²) in [5.74, 6) is -1.04. The van der Waals surface area contributed by atoms with E-state index in [9.17, 15) is 8.78 Å². The highest BCUT2D eigenvalue weighted by molar-refractivity contribution is 5.75. The van der Waals surface area contributed by atoms with Crippen molar-refractivity contribution in [2.45, 2.75) is 13.2 Å². The zero-order chi connectivity index (χ0) is 22.3. The highest BCUT2D eigenvalue weighted by Crippen LogP contribution is 2.33. The number of anilines is 3. The molecule has 162 valence electrons. The Hall–Kier alpha value is -4.13. The summed E-state index contributed by atoms with van der Waals surface area (Å²) in [6.07, 6.45) is 0. The van der Waals surface area contributed by atoms with Gasteiger partial charge in [0.1, 0.15) is 24.7 Å². The molecule has 32 heavy (non-hydrogen) atoms. The van der Waals surface area contributed by atoms with Crippen LogP contribution in [0.15, 0.2) is 84.9 Å². The third kappa shape index (κ3) is 5.31. The van der Waals surface area contributed by atoms with Crippen LogP contribution >= 0.6 is 0 Å². The highest BCUT2D eigenvalue weighted by atomic mass is 19.1. The number of ether oxygens (including phenoxy) is 2. The average Bonchev–Trinajstić information content (AvgIpc) is 2.82. The summed E-state index contributed by atoms with van der Waals surface area (Å²) in [4.78, 5) is 4.44. The number of nitrogen functional groups attached to an aromatic ring is 1. The minimum atomic E-state index is -0.852. The predicted molar refractivity (Wildman–Crippen MR) is 120 cm³/mol. The molecule has 0 saturated heterocycles. The number of nitrogens with zero attached hydrogens (tertiary/aromatic N) is 1. The Kier molecular flexibility index (Phi) is 6.46. The summed E-state index contributed by atoms with van der Waals surface area (Å²) in [6.45, 7) is 0.582. The van der Waals surface area contributed by atoms with Crippen molar-refractivity contribution in [3.8, 4) is 11.8 Å². The number of nitrogens with one attached hydrogen (secondary N) is 1. The van der Waals surface area contributed by atoms with Crippen molar-refractivity contribution in [1.82, 2.24) is 4.98 Å². The molecule has 1 aromatic heterocycles. The van der Waals surface area contributed by atoms with Crippen LogP contribution in [0.5, 0.6) is 11.8 Å². The summed E-state index contributed by atoms with van der Waals surface area (Å²) in [7, 11) is 0. The first-order chi connectivity index (χ1) is 15.6. The van der Waals surface area contributed by atoms with Crippen LogP contribution in [-0.4, -0.2) is 4.98 Å². The molecule has 4 aromatic rings. The van der Waals surface area contributed by atoms with E-state index in [1.807, 2.05) is 60.7 Å². The van der Waals surface area contributed by atoms with Gasteiger partial charge in [0.05, 0.1) is 11.4 Å². The number of halogens is 2. The summed E-state index contributed by atoms with van der Waals surface area (Å²) in [6, 6.07) is 24.4. The highest BCUT2D eigenvalue weighted by Gasteiger charge is 2.14. The van der Waals surface area contributed by atoms with Gasteiger partial charge in [-0.15, -0.1) is 0 Å². The zero-order valence-corrected chi connectivity index (χ0v) is 17.1. The van der Waals surface area contributed by atoms with Crippen LogP contribution in [0.4, 0.5) is 25.8 Å². The molecule has 0 aliphatic carbocycles. The van der Waals surface area contributed by atoms with Gasteiger partial charge in [-0.3, -0.25) is 0 Å². The second-order valence-electron chi connectivity index (χ2n) is 7.02. The van der Waals surface area contributed by atoms with Gasteiger partial charge in [-0.25, -0.2) is 8.78 Å². The SMILES string of the molecule is Nc1c(F)cc(F)cc1Nc1ccc(OCc2ccccc2)nc1OCc1ccccc1. The van der Waals surface area contributed by atoms with Crippen LogP contribution in [0.2, 0.25) is 0 Å². The number of rotatable bonds is 8. The minimum Gasteiger partial charge on any atom is -0.473 e. The summed E-state index contributed by atoms with van der Waals surface area (Å²) in [5.41, 5.74) is 7.96. The Morgan fingerprint density at radius 1 is 0.750 bits per heavy atom. The van der Waals surface area contributed by atoms with E-state index >= 15 is 0 Å².